The molecular weight excluding hydrogens is 1070 g/mol. The van der Waals surface area contributed by atoms with Crippen molar-refractivity contribution < 1.29 is 57.5 Å². The van der Waals surface area contributed by atoms with E-state index in [2.05, 4.69) is 0 Å². The van der Waals surface area contributed by atoms with Crippen LogP contribution in [0.4, 0.5) is 34.1 Å². The summed E-state index contributed by atoms with van der Waals surface area (Å²) in [6.45, 7) is 0. The molecule has 18 nitrogen and oxygen atoms in total. The fourth-order valence-electron chi connectivity index (χ4n) is 12.7. The lowest BCUT2D eigenvalue weighted by molar-refractivity contribution is 0.0871. The highest BCUT2D eigenvalue weighted by atomic mass is 16.2. The Morgan fingerprint density at radius 3 is 0.429 bits per heavy atom. The standard InChI is InChI=1S/C66H30N6O12/c73-55-37-16-22-43-52-44(23-17-38(49(37)52)56(74)67(55)31-10-4-1-5-11-31)62(80)70(61(43)79)34-28-35(71-63(81)45-24-18-39-50-40(19-25-46(53(45)50)64(71)82)58(76)68(57(39)75)32-12-6-2-7-13-32)30-36(29-34)72-65(83)47-26-20-41-51-42(21-27-48(54(47)51)66(72)84)60(78)69(59(41)77)33-14-8-3-9-15-33/h1-30H. The van der Waals surface area contributed by atoms with Crippen LogP contribution in [0.2, 0.25) is 0 Å². The van der Waals surface area contributed by atoms with Crippen LogP contribution in [0.25, 0.3) is 32.3 Å². The second-order valence-corrected chi connectivity index (χ2v) is 20.6. The Hall–Kier alpha value is -12.2. The first-order valence-electron chi connectivity index (χ1n) is 26.2. The summed E-state index contributed by atoms with van der Waals surface area (Å²) in [6, 6.07) is 44.6. The number of rotatable bonds is 6. The number of hydrogen-bond donors (Lipinski definition) is 0. The maximum atomic E-state index is 15.2. The fraction of sp³-hybridized carbons (Fsp3) is 0. The SMILES string of the molecule is O=C1c2ccc3c4c(ccc(c24)C(=O)N1c1ccccc1)C(=O)N(c1cc(N2C(=O)c4ccc5c6c(ccc(c46)C2=O)C(=O)N(c2ccccc2)C5=O)cc(N2C(=O)c4ccc5c6c(ccc(c46)C2=O)C(=O)N(c2ccccc2)C5=O)c1)C3=O. The number of nitrogens with zero attached hydrogens (tertiary/aromatic N) is 6. The molecule has 84 heavy (non-hydrogen) atoms. The topological polar surface area (TPSA) is 224 Å². The summed E-state index contributed by atoms with van der Waals surface area (Å²) < 4.78 is 0. The molecule has 12 amide bonds. The van der Waals surface area contributed by atoms with Crippen LogP contribution in [-0.4, -0.2) is 70.9 Å². The predicted molar refractivity (Wildman–Crippen MR) is 304 cm³/mol. The molecule has 0 saturated carbocycles. The van der Waals surface area contributed by atoms with Crippen LogP contribution in [0.3, 0.4) is 0 Å². The third kappa shape index (κ3) is 6.05. The average molecular weight is 1100 g/mol. The molecule has 6 aliphatic rings. The van der Waals surface area contributed by atoms with E-state index in [4.69, 9.17) is 0 Å². The van der Waals surface area contributed by atoms with Crippen molar-refractivity contribution in [1.82, 2.24) is 0 Å². The zero-order chi connectivity index (χ0) is 57.5. The Labute approximate surface area is 471 Å². The zero-order valence-corrected chi connectivity index (χ0v) is 42.9. The minimum absolute atomic E-state index is 0.0192. The van der Waals surface area contributed by atoms with Crippen LogP contribution >= 0.6 is 0 Å². The van der Waals surface area contributed by atoms with Crippen molar-refractivity contribution in [3.63, 3.8) is 0 Å². The van der Waals surface area contributed by atoms with E-state index >= 15 is 28.8 Å². The lowest BCUT2D eigenvalue weighted by atomic mass is 9.85. The zero-order valence-electron chi connectivity index (χ0n) is 42.9. The molecule has 10 aromatic rings. The molecule has 10 aromatic carbocycles. The molecule has 18 heteroatoms. The van der Waals surface area contributed by atoms with E-state index in [1.807, 2.05) is 0 Å². The Balaban J connectivity index is 0.852. The summed E-state index contributed by atoms with van der Waals surface area (Å²) in [5, 5.41) is 0.271. The van der Waals surface area contributed by atoms with Crippen molar-refractivity contribution in [3.05, 3.63) is 249 Å². The third-order valence-electron chi connectivity index (χ3n) is 16.4. The van der Waals surface area contributed by atoms with Crippen molar-refractivity contribution in [2.45, 2.75) is 0 Å². The second kappa shape index (κ2) is 16.7. The number of benzene rings is 10. The van der Waals surface area contributed by atoms with Crippen LogP contribution in [-0.2, 0) is 0 Å². The van der Waals surface area contributed by atoms with E-state index in [-0.39, 0.29) is 116 Å². The van der Waals surface area contributed by atoms with Gasteiger partial charge in [0.1, 0.15) is 0 Å². The molecule has 6 aliphatic heterocycles. The maximum Gasteiger partial charge on any atom is 0.265 e. The van der Waals surface area contributed by atoms with E-state index < -0.39 is 70.9 Å². The van der Waals surface area contributed by atoms with Gasteiger partial charge in [0.05, 0.1) is 34.1 Å². The van der Waals surface area contributed by atoms with E-state index in [1.54, 1.807) is 91.0 Å². The number of carbonyl (C=O) groups excluding carboxylic acids is 12. The van der Waals surface area contributed by atoms with Gasteiger partial charge in [-0.15, -0.1) is 0 Å². The van der Waals surface area contributed by atoms with Crippen LogP contribution in [0.5, 0.6) is 0 Å². The van der Waals surface area contributed by atoms with Gasteiger partial charge in [-0.2, -0.15) is 0 Å². The highest BCUT2D eigenvalue weighted by molar-refractivity contribution is 6.46. The molecular formula is C66H30N6O12. The van der Waals surface area contributed by atoms with Gasteiger partial charge >= 0.3 is 0 Å². The van der Waals surface area contributed by atoms with Gasteiger partial charge < -0.3 is 0 Å². The predicted octanol–water partition coefficient (Wildman–Crippen LogP) is 9.95. The smallest absolute Gasteiger partial charge is 0.265 e. The first-order valence-corrected chi connectivity index (χ1v) is 26.2. The van der Waals surface area contributed by atoms with Gasteiger partial charge in [-0.05, 0) is 127 Å². The number of hydrogen-bond acceptors (Lipinski definition) is 12. The van der Waals surface area contributed by atoms with Crippen LogP contribution in [0.15, 0.2) is 182 Å². The van der Waals surface area contributed by atoms with E-state index in [9.17, 15) is 28.8 Å². The average Bonchev–Trinajstić information content (AvgIpc) is 1.64. The summed E-state index contributed by atoms with van der Waals surface area (Å²) in [6.07, 6.45) is 0. The van der Waals surface area contributed by atoms with E-state index in [0.29, 0.717) is 17.1 Å². The summed E-state index contributed by atoms with van der Waals surface area (Å²) in [4.78, 5) is 182. The first kappa shape index (κ1) is 47.8. The molecule has 0 fully saturated rings. The molecule has 0 aromatic heterocycles. The number of anilines is 6. The van der Waals surface area contributed by atoms with Gasteiger partial charge in [-0.25, -0.2) is 29.4 Å². The number of amides is 12. The van der Waals surface area contributed by atoms with Gasteiger partial charge in [0.25, 0.3) is 70.9 Å². The maximum absolute atomic E-state index is 15.2. The normalized spacial score (nSPS) is 16.0. The molecule has 0 saturated heterocycles. The lowest BCUT2D eigenvalue weighted by Crippen LogP contribution is -2.45. The Morgan fingerprint density at radius 1 is 0.155 bits per heavy atom. The molecule has 0 radical (unpaired) electrons. The number of imide groups is 6. The third-order valence-corrected chi connectivity index (χ3v) is 16.4. The Kier molecular flexibility index (Phi) is 9.50. The Bertz CT molecular complexity index is 4300. The van der Waals surface area contributed by atoms with E-state index in [0.717, 1.165) is 29.4 Å². The van der Waals surface area contributed by atoms with Gasteiger partial charge in [0.2, 0.25) is 0 Å². The number of para-hydroxylation sites is 3. The van der Waals surface area contributed by atoms with Crippen molar-refractivity contribution in [2.24, 2.45) is 0 Å². The molecule has 0 unspecified atom stereocenters. The molecule has 16 rings (SSSR count). The Morgan fingerprint density at radius 2 is 0.286 bits per heavy atom. The van der Waals surface area contributed by atoms with Crippen molar-refractivity contribution in [1.29, 1.82) is 0 Å². The second-order valence-electron chi connectivity index (χ2n) is 20.6. The van der Waals surface area contributed by atoms with E-state index in [1.165, 1.54) is 91.0 Å². The molecule has 6 heterocycles. The molecule has 0 spiro atoms. The highest BCUT2D eigenvalue weighted by Crippen LogP contribution is 2.47. The van der Waals surface area contributed by atoms with Gasteiger partial charge in [-0.3, -0.25) is 57.5 Å². The minimum atomic E-state index is -0.982. The molecule has 396 valence electrons. The van der Waals surface area contributed by atoms with Gasteiger partial charge in [0.15, 0.2) is 0 Å². The molecule has 0 bridgehead atoms. The first-order chi connectivity index (χ1) is 40.7. The summed E-state index contributed by atoms with van der Waals surface area (Å²) in [5.41, 5.74) is -0.589. The monoisotopic (exact) mass is 1100 g/mol. The largest absolute Gasteiger partial charge is 0.268 e. The van der Waals surface area contributed by atoms with Crippen LogP contribution in [0, 0.1) is 0 Å². The minimum Gasteiger partial charge on any atom is -0.268 e. The van der Waals surface area contributed by atoms with Gasteiger partial charge in [0, 0.05) is 99.1 Å². The quantitative estimate of drug-likeness (QED) is 0.142. The summed E-state index contributed by atoms with van der Waals surface area (Å²) >= 11 is 0. The lowest BCUT2D eigenvalue weighted by Gasteiger charge is -2.35. The van der Waals surface area contributed by atoms with Crippen molar-refractivity contribution in [3.8, 4) is 0 Å². The van der Waals surface area contributed by atoms with Crippen LogP contribution < -0.4 is 29.4 Å². The summed E-state index contributed by atoms with van der Waals surface area (Å²) in [7, 11) is 0. The highest BCUT2D eigenvalue weighted by Gasteiger charge is 2.46. The van der Waals surface area contributed by atoms with Crippen molar-refractivity contribution in [2.75, 3.05) is 29.4 Å². The summed E-state index contributed by atoms with van der Waals surface area (Å²) in [5.74, 6) is -10.1. The fourth-order valence-corrected chi connectivity index (χ4v) is 12.7. The van der Waals surface area contributed by atoms with Crippen molar-refractivity contribution >= 4 is 137 Å². The molecule has 0 aliphatic carbocycles. The van der Waals surface area contributed by atoms with Gasteiger partial charge in [-0.1, -0.05) is 54.6 Å². The molecule has 0 N–H and O–H groups in total. The number of carbonyl (C=O) groups is 12. The van der Waals surface area contributed by atoms with Crippen LogP contribution in [0.1, 0.15) is 124 Å². The molecule has 0 atom stereocenters.